The molecule has 2 amide bonds. The van der Waals surface area contributed by atoms with Gasteiger partial charge in [0, 0.05) is 30.7 Å². The van der Waals surface area contributed by atoms with Crippen molar-refractivity contribution in [3.05, 3.63) is 59.5 Å². The van der Waals surface area contributed by atoms with Crippen LogP contribution in [-0.2, 0) is 4.74 Å². The van der Waals surface area contributed by atoms with E-state index in [9.17, 15) is 9.59 Å². The van der Waals surface area contributed by atoms with Crippen LogP contribution >= 0.6 is 0 Å². The van der Waals surface area contributed by atoms with E-state index >= 15 is 0 Å². The fourth-order valence-electron chi connectivity index (χ4n) is 4.01. The highest BCUT2D eigenvalue weighted by atomic mass is 16.5. The number of hydrogen-bond donors (Lipinski definition) is 1. The minimum atomic E-state index is -0.417. The van der Waals surface area contributed by atoms with Gasteiger partial charge in [0.15, 0.2) is 0 Å². The molecule has 0 spiro atoms. The van der Waals surface area contributed by atoms with Crippen molar-refractivity contribution < 1.29 is 14.3 Å². The summed E-state index contributed by atoms with van der Waals surface area (Å²) in [4.78, 5) is 32.8. The number of aromatic nitrogens is 3. The topological polar surface area (TPSA) is 89.4 Å². The number of benzene rings is 1. The lowest BCUT2D eigenvalue weighted by Crippen LogP contribution is -2.43. The summed E-state index contributed by atoms with van der Waals surface area (Å²) in [6, 6.07) is 11.2. The average Bonchev–Trinajstić information content (AvgIpc) is 3.32. The predicted molar refractivity (Wildman–Crippen MR) is 126 cm³/mol. The molecule has 0 radical (unpaired) electrons. The number of amides is 2. The van der Waals surface area contributed by atoms with Gasteiger partial charge >= 0.3 is 0 Å². The minimum Gasteiger partial charge on any atom is -0.368 e. The highest BCUT2D eigenvalue weighted by Gasteiger charge is 2.30. The lowest BCUT2D eigenvalue weighted by atomic mass is 10.0. The summed E-state index contributed by atoms with van der Waals surface area (Å²) in [5.74, 6) is 0.139. The summed E-state index contributed by atoms with van der Waals surface area (Å²) in [6.45, 7) is 9.96. The van der Waals surface area contributed by atoms with E-state index in [0.717, 1.165) is 10.9 Å². The van der Waals surface area contributed by atoms with Crippen LogP contribution in [0.1, 0.15) is 66.4 Å². The van der Waals surface area contributed by atoms with Gasteiger partial charge in [0.25, 0.3) is 11.8 Å². The largest absolute Gasteiger partial charge is 0.368 e. The number of carbonyl (C=O) groups is 2. The molecule has 1 aliphatic heterocycles. The van der Waals surface area contributed by atoms with Gasteiger partial charge in [-0.25, -0.2) is 4.98 Å². The minimum absolute atomic E-state index is 0.0785. The lowest BCUT2D eigenvalue weighted by molar-refractivity contribution is -0.0250. The first-order valence-corrected chi connectivity index (χ1v) is 11.5. The van der Waals surface area contributed by atoms with E-state index in [1.165, 1.54) is 0 Å². The van der Waals surface area contributed by atoms with Gasteiger partial charge in [-0.15, -0.1) is 0 Å². The number of morpholine rings is 1. The number of pyridine rings is 1. The van der Waals surface area contributed by atoms with Crippen LogP contribution in [0.25, 0.3) is 10.9 Å². The van der Waals surface area contributed by atoms with Crippen molar-refractivity contribution in [3.63, 3.8) is 0 Å². The molecule has 0 bridgehead atoms. The Bertz CT molecular complexity index is 1150. The zero-order valence-corrected chi connectivity index (χ0v) is 19.6. The van der Waals surface area contributed by atoms with Gasteiger partial charge in [-0.2, -0.15) is 5.10 Å². The molecule has 2 aromatic heterocycles. The Morgan fingerprint density at radius 2 is 1.97 bits per heavy atom. The van der Waals surface area contributed by atoms with E-state index in [2.05, 4.69) is 24.3 Å². The molecule has 33 heavy (non-hydrogen) atoms. The Balaban J connectivity index is 1.62. The number of nitrogens with zero attached hydrogens (tertiary/aromatic N) is 4. The average molecular weight is 450 g/mol. The second-order valence-electron chi connectivity index (χ2n) is 9.08. The molecule has 0 saturated carbocycles. The highest BCUT2D eigenvalue weighted by molar-refractivity contribution is 6.06. The maximum absolute atomic E-state index is 13.2. The molecule has 0 aliphatic carbocycles. The first-order valence-electron chi connectivity index (χ1n) is 11.5. The molecule has 1 N–H and O–H groups in total. The first kappa shape index (κ1) is 22.9. The molecule has 1 aliphatic rings. The summed E-state index contributed by atoms with van der Waals surface area (Å²) in [5, 5.41) is 8.08. The number of hydrogen-bond acceptors (Lipinski definition) is 5. The van der Waals surface area contributed by atoms with Crippen molar-refractivity contribution in [2.75, 3.05) is 26.2 Å². The monoisotopic (exact) mass is 449 g/mol. The standard InChI is InChI=1S/C25H31N5O3/c1-16(2)14-26-24(31)19-13-21(28-20-8-6-5-7-18(19)20)23-15-29(11-12-33-23)25(32)22-9-10-27-30(22)17(3)4/h5-10,13,16-17,23H,11-12,14-15H2,1-4H3,(H,26,31)/t23-/m0/s1. The van der Waals surface area contributed by atoms with Gasteiger partial charge in [-0.05, 0) is 38.0 Å². The number of nitrogens with one attached hydrogen (secondary N) is 1. The van der Waals surface area contributed by atoms with Gasteiger partial charge in [-0.3, -0.25) is 14.3 Å². The Labute approximate surface area is 193 Å². The van der Waals surface area contributed by atoms with E-state index in [0.29, 0.717) is 49.1 Å². The van der Waals surface area contributed by atoms with E-state index in [-0.39, 0.29) is 17.9 Å². The van der Waals surface area contributed by atoms with Crippen LogP contribution in [0, 0.1) is 5.92 Å². The van der Waals surface area contributed by atoms with Crippen molar-refractivity contribution in [2.24, 2.45) is 5.92 Å². The van der Waals surface area contributed by atoms with E-state index < -0.39 is 6.10 Å². The van der Waals surface area contributed by atoms with Gasteiger partial charge in [-0.1, -0.05) is 32.0 Å². The van der Waals surface area contributed by atoms with Crippen LogP contribution in [0.3, 0.4) is 0 Å². The summed E-state index contributed by atoms with van der Waals surface area (Å²) >= 11 is 0. The molecule has 3 aromatic rings. The predicted octanol–water partition coefficient (Wildman–Crippen LogP) is 3.61. The van der Waals surface area contributed by atoms with Crippen molar-refractivity contribution in [1.29, 1.82) is 0 Å². The maximum Gasteiger partial charge on any atom is 0.272 e. The van der Waals surface area contributed by atoms with Gasteiger partial charge < -0.3 is 15.0 Å². The van der Waals surface area contributed by atoms with Crippen LogP contribution in [-0.4, -0.2) is 57.7 Å². The third kappa shape index (κ3) is 4.90. The third-order valence-corrected chi connectivity index (χ3v) is 5.71. The zero-order chi connectivity index (χ0) is 23.5. The molecule has 8 heteroatoms. The van der Waals surface area contributed by atoms with Crippen molar-refractivity contribution >= 4 is 22.7 Å². The third-order valence-electron chi connectivity index (χ3n) is 5.71. The molecular formula is C25H31N5O3. The molecule has 1 fully saturated rings. The number of para-hydroxylation sites is 1. The first-order chi connectivity index (χ1) is 15.8. The fraction of sp³-hybridized carbons (Fsp3) is 0.440. The second-order valence-corrected chi connectivity index (χ2v) is 9.08. The summed E-state index contributed by atoms with van der Waals surface area (Å²) < 4.78 is 7.75. The molecule has 3 heterocycles. The summed E-state index contributed by atoms with van der Waals surface area (Å²) in [5.41, 5.74) is 2.51. The number of ether oxygens (including phenoxy) is 1. The molecular weight excluding hydrogens is 418 g/mol. The lowest BCUT2D eigenvalue weighted by Gasteiger charge is -2.33. The Morgan fingerprint density at radius 1 is 1.18 bits per heavy atom. The van der Waals surface area contributed by atoms with E-state index in [1.807, 2.05) is 38.1 Å². The van der Waals surface area contributed by atoms with E-state index in [1.54, 1.807) is 27.9 Å². The van der Waals surface area contributed by atoms with Crippen LogP contribution in [0.15, 0.2) is 42.6 Å². The summed E-state index contributed by atoms with van der Waals surface area (Å²) in [7, 11) is 0. The number of carbonyl (C=O) groups excluding carboxylic acids is 2. The van der Waals surface area contributed by atoms with Crippen molar-refractivity contribution in [1.82, 2.24) is 25.0 Å². The molecule has 174 valence electrons. The molecule has 4 rings (SSSR count). The smallest absolute Gasteiger partial charge is 0.272 e. The Hall–Kier alpha value is -3.26. The normalized spacial score (nSPS) is 16.5. The second kappa shape index (κ2) is 9.70. The van der Waals surface area contributed by atoms with Crippen LogP contribution in [0.2, 0.25) is 0 Å². The number of rotatable bonds is 6. The number of fused-ring (bicyclic) bond motifs is 1. The van der Waals surface area contributed by atoms with Crippen molar-refractivity contribution in [2.45, 2.75) is 39.8 Å². The molecule has 1 aromatic carbocycles. The maximum atomic E-state index is 13.2. The fourth-order valence-corrected chi connectivity index (χ4v) is 4.01. The molecule has 0 unspecified atom stereocenters. The SMILES string of the molecule is CC(C)CNC(=O)c1cc([C@@H]2CN(C(=O)c3ccnn3C(C)C)CCO2)nc2ccccc12. The Morgan fingerprint density at radius 3 is 2.73 bits per heavy atom. The van der Waals surface area contributed by atoms with Gasteiger partial charge in [0.2, 0.25) is 0 Å². The van der Waals surface area contributed by atoms with Crippen LogP contribution < -0.4 is 5.32 Å². The Kier molecular flexibility index (Phi) is 6.74. The van der Waals surface area contributed by atoms with Crippen LogP contribution in [0.5, 0.6) is 0 Å². The highest BCUT2D eigenvalue weighted by Crippen LogP contribution is 2.27. The quantitative estimate of drug-likeness (QED) is 0.621. The van der Waals surface area contributed by atoms with Crippen molar-refractivity contribution in [3.8, 4) is 0 Å². The van der Waals surface area contributed by atoms with Gasteiger partial charge in [0.05, 0.1) is 29.9 Å². The molecule has 1 atom stereocenters. The zero-order valence-electron chi connectivity index (χ0n) is 19.6. The van der Waals surface area contributed by atoms with Gasteiger partial charge in [0.1, 0.15) is 11.8 Å². The summed E-state index contributed by atoms with van der Waals surface area (Å²) in [6.07, 6.45) is 1.23. The van der Waals surface area contributed by atoms with Crippen LogP contribution in [0.4, 0.5) is 0 Å². The molecule has 1 saturated heterocycles. The molecule has 8 nitrogen and oxygen atoms in total. The van der Waals surface area contributed by atoms with E-state index in [4.69, 9.17) is 9.72 Å².